The zero-order chi connectivity index (χ0) is 27.3. The van der Waals surface area contributed by atoms with Gasteiger partial charge in [0.15, 0.2) is 6.29 Å². The number of nitrogens with two attached hydrogens (primary N) is 1. The lowest BCUT2D eigenvalue weighted by Gasteiger charge is -2.31. The van der Waals surface area contributed by atoms with Crippen molar-refractivity contribution in [2.24, 2.45) is 11.8 Å². The molecule has 0 aromatic heterocycles. The SMILES string of the molecule is CC(C)CN(C[C@H](O)[C@@H](Cc1ccccc1)NC(=O)O[C@H]1CO[C@H]2OCC[C@H]21)S(=O)(=O)c1ccc(N)cc1. The summed E-state index contributed by atoms with van der Waals surface area (Å²) in [5.74, 6) is -0.0231. The van der Waals surface area contributed by atoms with Crippen LogP contribution in [0.4, 0.5) is 10.5 Å². The van der Waals surface area contributed by atoms with Crippen molar-refractivity contribution in [3.05, 3.63) is 60.2 Å². The van der Waals surface area contributed by atoms with Crippen molar-refractivity contribution < 1.29 is 32.5 Å². The second kappa shape index (κ2) is 12.4. The number of carbonyl (C=O) groups is 1. The van der Waals surface area contributed by atoms with Crippen molar-refractivity contribution in [2.75, 3.05) is 32.0 Å². The van der Waals surface area contributed by atoms with E-state index in [1.807, 2.05) is 44.2 Å². The zero-order valence-corrected chi connectivity index (χ0v) is 22.5. The number of alkyl carbamates (subject to hydrolysis) is 1. The normalized spacial score (nSPS) is 22.8. The van der Waals surface area contributed by atoms with E-state index in [4.69, 9.17) is 19.9 Å². The standard InChI is InChI=1S/C27H37N3O7S/c1-18(2)15-30(38(33,34)21-10-8-20(28)9-11-21)16-24(31)23(14-19-6-4-3-5-7-19)29-27(32)37-25-17-36-26-22(25)12-13-35-26/h3-11,18,22-26,31H,12-17,28H2,1-2H3,(H,29,32)/t22-,23+,24-,25-,26+/m0/s1. The molecule has 0 unspecified atom stereocenters. The molecule has 11 heteroatoms. The molecule has 2 saturated heterocycles. The fourth-order valence-corrected chi connectivity index (χ4v) is 6.45. The number of anilines is 1. The number of sulfonamides is 1. The van der Waals surface area contributed by atoms with E-state index in [1.165, 1.54) is 28.6 Å². The Bertz CT molecular complexity index is 1160. The summed E-state index contributed by atoms with van der Waals surface area (Å²) < 4.78 is 44.9. The molecule has 2 fully saturated rings. The summed E-state index contributed by atoms with van der Waals surface area (Å²) in [5, 5.41) is 14.1. The molecule has 10 nitrogen and oxygen atoms in total. The van der Waals surface area contributed by atoms with Crippen molar-refractivity contribution in [3.63, 3.8) is 0 Å². The molecular weight excluding hydrogens is 510 g/mol. The van der Waals surface area contributed by atoms with Crippen LogP contribution >= 0.6 is 0 Å². The van der Waals surface area contributed by atoms with Crippen LogP contribution in [0.2, 0.25) is 0 Å². The molecule has 4 rings (SSSR count). The Morgan fingerprint density at radius 3 is 2.53 bits per heavy atom. The van der Waals surface area contributed by atoms with Gasteiger partial charge in [0, 0.05) is 18.8 Å². The van der Waals surface area contributed by atoms with E-state index in [0.29, 0.717) is 12.3 Å². The van der Waals surface area contributed by atoms with Crippen LogP contribution in [0.15, 0.2) is 59.5 Å². The second-order valence-corrected chi connectivity index (χ2v) is 12.2. The number of rotatable bonds is 11. The summed E-state index contributed by atoms with van der Waals surface area (Å²) in [6.45, 7) is 4.58. The van der Waals surface area contributed by atoms with Gasteiger partial charge < -0.3 is 30.4 Å². The minimum atomic E-state index is -3.93. The third-order valence-corrected chi connectivity index (χ3v) is 8.63. The van der Waals surface area contributed by atoms with E-state index in [2.05, 4.69) is 5.32 Å². The van der Waals surface area contributed by atoms with Crippen molar-refractivity contribution in [1.82, 2.24) is 9.62 Å². The molecule has 5 atom stereocenters. The first kappa shape index (κ1) is 28.3. The summed E-state index contributed by atoms with van der Waals surface area (Å²) in [6.07, 6.45) is -1.69. The number of carbonyl (C=O) groups excluding carboxylic acids is 1. The van der Waals surface area contributed by atoms with Gasteiger partial charge in [0.1, 0.15) is 6.10 Å². The first-order valence-corrected chi connectivity index (χ1v) is 14.4. The summed E-state index contributed by atoms with van der Waals surface area (Å²) in [7, 11) is -3.93. The van der Waals surface area contributed by atoms with Crippen LogP contribution in [-0.2, 0) is 30.7 Å². The van der Waals surface area contributed by atoms with Crippen molar-refractivity contribution in [2.45, 2.75) is 56.1 Å². The van der Waals surface area contributed by atoms with E-state index >= 15 is 0 Å². The fourth-order valence-electron chi connectivity index (χ4n) is 4.82. The molecule has 2 heterocycles. The lowest BCUT2D eigenvalue weighted by Crippen LogP contribution is -2.51. The van der Waals surface area contributed by atoms with Gasteiger partial charge in [-0.25, -0.2) is 13.2 Å². The molecule has 0 aliphatic carbocycles. The minimum Gasteiger partial charge on any atom is -0.443 e. The lowest BCUT2D eigenvalue weighted by molar-refractivity contribution is -0.0907. The molecule has 4 N–H and O–H groups in total. The summed E-state index contributed by atoms with van der Waals surface area (Å²) in [6, 6.07) is 14.5. The maximum Gasteiger partial charge on any atom is 0.407 e. The third-order valence-electron chi connectivity index (χ3n) is 6.79. The number of benzene rings is 2. The number of fused-ring (bicyclic) bond motifs is 1. The van der Waals surface area contributed by atoms with Gasteiger partial charge in [-0.1, -0.05) is 44.2 Å². The Hall–Kier alpha value is -2.70. The molecule has 0 spiro atoms. The predicted molar refractivity (Wildman–Crippen MR) is 142 cm³/mol. The van der Waals surface area contributed by atoms with Crippen LogP contribution in [-0.4, -0.2) is 74.8 Å². The van der Waals surface area contributed by atoms with E-state index in [-0.39, 0.29) is 49.1 Å². The van der Waals surface area contributed by atoms with Gasteiger partial charge in [-0.05, 0) is 48.6 Å². The van der Waals surface area contributed by atoms with Crippen LogP contribution in [0, 0.1) is 11.8 Å². The summed E-state index contributed by atoms with van der Waals surface area (Å²) >= 11 is 0. The largest absolute Gasteiger partial charge is 0.443 e. The maximum absolute atomic E-state index is 13.5. The van der Waals surface area contributed by atoms with Gasteiger partial charge >= 0.3 is 6.09 Å². The van der Waals surface area contributed by atoms with Gasteiger partial charge in [-0.15, -0.1) is 0 Å². The Morgan fingerprint density at radius 2 is 1.84 bits per heavy atom. The first-order valence-electron chi connectivity index (χ1n) is 12.9. The maximum atomic E-state index is 13.5. The highest BCUT2D eigenvalue weighted by Crippen LogP contribution is 2.33. The Kier molecular flexibility index (Phi) is 9.27. The molecule has 2 aromatic carbocycles. The van der Waals surface area contributed by atoms with E-state index in [0.717, 1.165) is 12.0 Å². The number of ether oxygens (including phenoxy) is 3. The molecule has 208 valence electrons. The second-order valence-electron chi connectivity index (χ2n) is 10.3. The Labute approximate surface area is 224 Å². The molecule has 0 radical (unpaired) electrons. The van der Waals surface area contributed by atoms with E-state index < -0.39 is 34.4 Å². The van der Waals surface area contributed by atoms with Gasteiger partial charge in [0.2, 0.25) is 10.0 Å². The van der Waals surface area contributed by atoms with Crippen molar-refractivity contribution in [3.8, 4) is 0 Å². The summed E-state index contributed by atoms with van der Waals surface area (Å²) in [5.41, 5.74) is 7.07. The molecule has 38 heavy (non-hydrogen) atoms. The average molecular weight is 548 g/mol. The first-order chi connectivity index (χ1) is 18.1. The van der Waals surface area contributed by atoms with Gasteiger partial charge in [0.05, 0.1) is 36.2 Å². The van der Waals surface area contributed by atoms with E-state index in [9.17, 15) is 18.3 Å². The highest BCUT2D eigenvalue weighted by atomic mass is 32.2. The van der Waals surface area contributed by atoms with Crippen LogP contribution in [0.5, 0.6) is 0 Å². The molecule has 2 aliphatic rings. The third kappa shape index (κ3) is 7.03. The van der Waals surface area contributed by atoms with Crippen LogP contribution in [0.25, 0.3) is 0 Å². The minimum absolute atomic E-state index is 0.000183. The number of amides is 1. The van der Waals surface area contributed by atoms with Crippen LogP contribution in [0.1, 0.15) is 25.8 Å². The predicted octanol–water partition coefficient (Wildman–Crippen LogP) is 2.38. The molecule has 0 saturated carbocycles. The van der Waals surface area contributed by atoms with Gasteiger partial charge in [-0.2, -0.15) is 4.31 Å². The van der Waals surface area contributed by atoms with Crippen molar-refractivity contribution >= 4 is 21.8 Å². The topological polar surface area (TPSA) is 140 Å². The number of nitrogens with zero attached hydrogens (tertiary/aromatic N) is 1. The highest BCUT2D eigenvalue weighted by Gasteiger charge is 2.44. The van der Waals surface area contributed by atoms with Crippen LogP contribution < -0.4 is 11.1 Å². The van der Waals surface area contributed by atoms with Crippen molar-refractivity contribution in [1.29, 1.82) is 0 Å². The highest BCUT2D eigenvalue weighted by molar-refractivity contribution is 7.89. The number of hydrogen-bond donors (Lipinski definition) is 3. The molecule has 0 bridgehead atoms. The van der Waals surface area contributed by atoms with Crippen LogP contribution in [0.3, 0.4) is 0 Å². The number of nitrogens with one attached hydrogen (secondary N) is 1. The number of nitrogen functional groups attached to an aromatic ring is 1. The summed E-state index contributed by atoms with van der Waals surface area (Å²) in [4.78, 5) is 13.0. The van der Waals surface area contributed by atoms with Gasteiger partial charge in [0.25, 0.3) is 0 Å². The smallest absolute Gasteiger partial charge is 0.407 e. The molecule has 2 aromatic rings. The number of aliphatic hydroxyl groups excluding tert-OH is 1. The monoisotopic (exact) mass is 547 g/mol. The molecule has 2 aliphatic heterocycles. The Morgan fingerprint density at radius 1 is 1.13 bits per heavy atom. The molecular formula is C27H37N3O7S. The average Bonchev–Trinajstić information content (AvgIpc) is 3.49. The lowest BCUT2D eigenvalue weighted by atomic mass is 10.0. The molecule has 1 amide bonds. The Balaban J connectivity index is 1.51. The van der Waals surface area contributed by atoms with Gasteiger partial charge in [-0.3, -0.25) is 0 Å². The number of aliphatic hydroxyl groups is 1. The van der Waals surface area contributed by atoms with E-state index in [1.54, 1.807) is 0 Å². The zero-order valence-electron chi connectivity index (χ0n) is 21.7. The fraction of sp³-hybridized carbons (Fsp3) is 0.519. The number of hydrogen-bond acceptors (Lipinski definition) is 8. The quantitative estimate of drug-likeness (QED) is 0.364.